The van der Waals surface area contributed by atoms with Crippen molar-refractivity contribution in [2.45, 2.75) is 38.2 Å². The summed E-state index contributed by atoms with van der Waals surface area (Å²) in [7, 11) is 0. The van der Waals surface area contributed by atoms with Crippen LogP contribution >= 0.6 is 35.0 Å². The van der Waals surface area contributed by atoms with Crippen LogP contribution in [0, 0.1) is 11.8 Å². The number of thioether (sulfide) groups is 1. The van der Waals surface area contributed by atoms with E-state index in [1.165, 1.54) is 11.8 Å². The molecule has 3 rings (SSSR count). The standard InChI is InChI=1S/C27H27Cl2N3O4S/c1-6-35-25(33)22-24(37-5)23(18-10-12-19(28)13-11-18)32(31-22)21-14-9-17(16-20(21)29)8-7-15-30-26(34)36-27(2,3)4/h9-14,16H,6,15H2,1-5H3,(H,30,34). The summed E-state index contributed by atoms with van der Waals surface area (Å²) in [5.74, 6) is 5.33. The first-order valence-corrected chi connectivity index (χ1v) is 13.4. The number of benzene rings is 2. The second kappa shape index (κ2) is 12.4. The maximum atomic E-state index is 12.7. The molecule has 1 N–H and O–H groups in total. The van der Waals surface area contributed by atoms with Gasteiger partial charge in [0.05, 0.1) is 34.5 Å². The molecule has 0 unspecified atom stereocenters. The molecule has 0 saturated heterocycles. The summed E-state index contributed by atoms with van der Waals surface area (Å²) >= 11 is 14.2. The monoisotopic (exact) mass is 559 g/mol. The average Bonchev–Trinajstić information content (AvgIpc) is 3.21. The lowest BCUT2D eigenvalue weighted by Crippen LogP contribution is -2.32. The number of amides is 1. The smallest absolute Gasteiger partial charge is 0.408 e. The van der Waals surface area contributed by atoms with Gasteiger partial charge < -0.3 is 14.8 Å². The van der Waals surface area contributed by atoms with Crippen LogP contribution in [0.2, 0.25) is 10.0 Å². The topological polar surface area (TPSA) is 82.5 Å². The Morgan fingerprint density at radius 1 is 1.14 bits per heavy atom. The lowest BCUT2D eigenvalue weighted by atomic mass is 10.1. The van der Waals surface area contributed by atoms with E-state index in [1.54, 1.807) is 62.7 Å². The van der Waals surface area contributed by atoms with E-state index < -0.39 is 17.7 Å². The Balaban J connectivity index is 1.96. The fourth-order valence-corrected chi connectivity index (χ4v) is 4.40. The van der Waals surface area contributed by atoms with Crippen LogP contribution in [0.4, 0.5) is 4.79 Å². The van der Waals surface area contributed by atoms with Gasteiger partial charge >= 0.3 is 12.1 Å². The Kier molecular flexibility index (Phi) is 9.55. The quantitative estimate of drug-likeness (QED) is 0.207. The van der Waals surface area contributed by atoms with Crippen LogP contribution in [0.3, 0.4) is 0 Å². The van der Waals surface area contributed by atoms with E-state index in [9.17, 15) is 9.59 Å². The van der Waals surface area contributed by atoms with E-state index in [-0.39, 0.29) is 18.8 Å². The Hall–Kier alpha value is -3.12. The Bertz CT molecular complexity index is 1350. The summed E-state index contributed by atoms with van der Waals surface area (Å²) in [6, 6.07) is 12.5. The summed E-state index contributed by atoms with van der Waals surface area (Å²) in [6.07, 6.45) is 1.33. The van der Waals surface area contributed by atoms with Crippen LogP contribution < -0.4 is 5.32 Å². The van der Waals surface area contributed by atoms with Crippen LogP contribution in [-0.2, 0) is 9.47 Å². The van der Waals surface area contributed by atoms with Crippen molar-refractivity contribution in [2.75, 3.05) is 19.4 Å². The lowest BCUT2D eigenvalue weighted by Gasteiger charge is -2.19. The highest BCUT2D eigenvalue weighted by Crippen LogP contribution is 2.37. The minimum atomic E-state index is -0.582. The van der Waals surface area contributed by atoms with Crippen molar-refractivity contribution in [1.29, 1.82) is 0 Å². The van der Waals surface area contributed by atoms with Gasteiger partial charge in [-0.3, -0.25) is 0 Å². The SMILES string of the molecule is CCOC(=O)c1nn(-c2ccc(C#CCNC(=O)OC(C)(C)C)cc2Cl)c(-c2ccc(Cl)cc2)c1SC. The van der Waals surface area contributed by atoms with Gasteiger partial charge in [0.15, 0.2) is 5.69 Å². The highest BCUT2D eigenvalue weighted by molar-refractivity contribution is 7.98. The van der Waals surface area contributed by atoms with Gasteiger partial charge in [-0.05, 0) is 64.3 Å². The minimum absolute atomic E-state index is 0.119. The molecule has 0 aliphatic heterocycles. The highest BCUT2D eigenvalue weighted by atomic mass is 35.5. The molecule has 7 nitrogen and oxygen atoms in total. The molecule has 0 spiro atoms. The molecule has 0 atom stereocenters. The van der Waals surface area contributed by atoms with Crippen LogP contribution in [0.5, 0.6) is 0 Å². The van der Waals surface area contributed by atoms with E-state index in [0.29, 0.717) is 31.9 Å². The van der Waals surface area contributed by atoms with E-state index in [0.717, 1.165) is 5.56 Å². The number of alkyl carbamates (subject to hydrolysis) is 1. The molecule has 0 saturated carbocycles. The maximum absolute atomic E-state index is 12.7. The normalized spacial score (nSPS) is 10.9. The second-order valence-electron chi connectivity index (χ2n) is 8.69. The number of hydrogen-bond donors (Lipinski definition) is 1. The van der Waals surface area contributed by atoms with Crippen molar-refractivity contribution >= 4 is 47.0 Å². The molecule has 0 fully saturated rings. The fourth-order valence-electron chi connectivity index (χ4n) is 3.30. The molecule has 1 amide bonds. The summed E-state index contributed by atoms with van der Waals surface area (Å²) in [4.78, 5) is 25.1. The molecule has 10 heteroatoms. The third-order valence-electron chi connectivity index (χ3n) is 4.76. The summed E-state index contributed by atoms with van der Waals surface area (Å²) < 4.78 is 12.1. The zero-order valence-electron chi connectivity index (χ0n) is 21.1. The predicted molar refractivity (Wildman–Crippen MR) is 148 cm³/mol. The minimum Gasteiger partial charge on any atom is -0.461 e. The van der Waals surface area contributed by atoms with Crippen molar-refractivity contribution in [3.63, 3.8) is 0 Å². The number of carbonyl (C=O) groups excluding carboxylic acids is 2. The van der Waals surface area contributed by atoms with Crippen LogP contribution in [0.25, 0.3) is 16.9 Å². The largest absolute Gasteiger partial charge is 0.461 e. The van der Waals surface area contributed by atoms with E-state index in [4.69, 9.17) is 32.7 Å². The van der Waals surface area contributed by atoms with Crippen LogP contribution in [-0.4, -0.2) is 46.9 Å². The third-order valence-corrected chi connectivity index (χ3v) is 6.11. The first kappa shape index (κ1) is 28.5. The Morgan fingerprint density at radius 3 is 2.43 bits per heavy atom. The van der Waals surface area contributed by atoms with Crippen molar-refractivity contribution in [1.82, 2.24) is 15.1 Å². The summed E-state index contributed by atoms with van der Waals surface area (Å²) in [6.45, 7) is 7.46. The number of ether oxygens (including phenoxy) is 2. The van der Waals surface area contributed by atoms with Gasteiger partial charge in [-0.1, -0.05) is 47.2 Å². The number of hydrogen-bond acceptors (Lipinski definition) is 6. The van der Waals surface area contributed by atoms with Crippen molar-refractivity contribution in [3.8, 4) is 28.8 Å². The van der Waals surface area contributed by atoms with Crippen LogP contribution in [0.15, 0.2) is 47.4 Å². The molecule has 194 valence electrons. The number of nitrogens with zero attached hydrogens (tertiary/aromatic N) is 2. The van der Waals surface area contributed by atoms with Gasteiger partial charge in [-0.15, -0.1) is 11.8 Å². The number of nitrogens with one attached hydrogen (secondary N) is 1. The van der Waals surface area contributed by atoms with Gasteiger partial charge in [-0.25, -0.2) is 14.3 Å². The number of aromatic nitrogens is 2. The molecule has 3 aromatic rings. The molecule has 37 heavy (non-hydrogen) atoms. The van der Waals surface area contributed by atoms with E-state index >= 15 is 0 Å². The van der Waals surface area contributed by atoms with Crippen molar-refractivity contribution < 1.29 is 19.1 Å². The zero-order valence-corrected chi connectivity index (χ0v) is 23.5. The Labute approximate surface area is 230 Å². The van der Waals surface area contributed by atoms with Gasteiger partial charge in [-0.2, -0.15) is 5.10 Å². The number of carbonyl (C=O) groups is 2. The van der Waals surface area contributed by atoms with Gasteiger partial charge in [0.25, 0.3) is 0 Å². The van der Waals surface area contributed by atoms with Gasteiger partial charge in [0.1, 0.15) is 5.60 Å². The number of rotatable bonds is 6. The molecule has 1 aromatic heterocycles. The molecular weight excluding hydrogens is 533 g/mol. The van der Waals surface area contributed by atoms with Crippen LogP contribution in [0.1, 0.15) is 43.7 Å². The van der Waals surface area contributed by atoms with Crippen molar-refractivity contribution in [3.05, 3.63) is 63.8 Å². The molecule has 0 radical (unpaired) electrons. The van der Waals surface area contributed by atoms with Crippen molar-refractivity contribution in [2.24, 2.45) is 0 Å². The maximum Gasteiger partial charge on any atom is 0.408 e. The predicted octanol–water partition coefficient (Wildman–Crippen LogP) is 6.62. The van der Waals surface area contributed by atoms with E-state index in [2.05, 4.69) is 22.3 Å². The lowest BCUT2D eigenvalue weighted by molar-refractivity contribution is 0.0510. The number of esters is 1. The van der Waals surface area contributed by atoms with Gasteiger partial charge in [0, 0.05) is 16.1 Å². The molecule has 0 aliphatic carbocycles. The summed E-state index contributed by atoms with van der Waals surface area (Å²) in [5, 5.41) is 8.15. The molecular formula is C27H27Cl2N3O4S. The Morgan fingerprint density at radius 2 is 1.84 bits per heavy atom. The highest BCUT2D eigenvalue weighted by Gasteiger charge is 2.26. The first-order valence-electron chi connectivity index (χ1n) is 11.4. The average molecular weight is 561 g/mol. The molecule has 1 heterocycles. The fraction of sp³-hybridized carbons (Fsp3) is 0.296. The third kappa shape index (κ3) is 7.45. The molecule has 2 aromatic carbocycles. The number of halogens is 2. The molecule has 0 aliphatic rings. The second-order valence-corrected chi connectivity index (χ2v) is 10.4. The van der Waals surface area contributed by atoms with E-state index in [1.807, 2.05) is 18.4 Å². The molecule has 0 bridgehead atoms. The summed E-state index contributed by atoms with van der Waals surface area (Å²) in [5.41, 5.74) is 2.33. The first-order chi connectivity index (χ1) is 17.5. The zero-order chi connectivity index (χ0) is 27.2. The van der Waals surface area contributed by atoms with Gasteiger partial charge in [0.2, 0.25) is 0 Å².